The van der Waals surface area contributed by atoms with Crippen molar-refractivity contribution in [2.24, 2.45) is 0 Å². The Kier molecular flexibility index (Phi) is 3.28. The summed E-state index contributed by atoms with van der Waals surface area (Å²) in [6, 6.07) is 2.26. The molecule has 4 nitrogen and oxygen atoms in total. The van der Waals surface area contributed by atoms with Gasteiger partial charge in [-0.25, -0.2) is 4.98 Å². The summed E-state index contributed by atoms with van der Waals surface area (Å²) in [5.41, 5.74) is 1.17. The topological polar surface area (TPSA) is 32.6 Å². The normalized spacial score (nSPS) is 30.9. The number of thiazole rings is 1. The second-order valence-electron chi connectivity index (χ2n) is 6.28. The smallest absolute Gasteiger partial charge is 0.193 e. The molecule has 2 unspecified atom stereocenters. The highest BCUT2D eigenvalue weighted by Crippen LogP contribution is 2.32. The molecule has 0 radical (unpaired) electrons. The van der Waals surface area contributed by atoms with Gasteiger partial charge in [-0.2, -0.15) is 0 Å². The van der Waals surface area contributed by atoms with Gasteiger partial charge in [0.25, 0.3) is 0 Å². The molecular weight excluding hydrogens is 268 g/mol. The van der Waals surface area contributed by atoms with E-state index in [0.717, 1.165) is 23.6 Å². The Labute approximate surface area is 123 Å². The molecule has 2 aromatic rings. The Balaban J connectivity index is 1.39. The van der Waals surface area contributed by atoms with Crippen LogP contribution in [0.5, 0.6) is 0 Å². The average molecular weight is 290 g/mol. The number of aromatic nitrogens is 2. The molecule has 2 fully saturated rings. The van der Waals surface area contributed by atoms with E-state index in [2.05, 4.69) is 44.4 Å². The lowest BCUT2D eigenvalue weighted by Gasteiger charge is -2.47. The zero-order valence-electron chi connectivity index (χ0n) is 12.0. The standard InChI is InChI=1S/C15H22N4S/c1-18-13-3-2-4-14(18)8-11(7-13)16-9-12-10-19-5-6-20-15(19)17-12/h5-6,10-11,13-14,16H,2-4,7-9H2,1H3. The number of imidazole rings is 1. The summed E-state index contributed by atoms with van der Waals surface area (Å²) in [6.07, 6.45) is 11.0. The van der Waals surface area contributed by atoms with Crippen molar-refractivity contribution in [3.63, 3.8) is 0 Å². The number of hydrogen-bond acceptors (Lipinski definition) is 4. The molecule has 5 heteroatoms. The molecule has 108 valence electrons. The molecule has 20 heavy (non-hydrogen) atoms. The van der Waals surface area contributed by atoms with E-state index in [1.54, 1.807) is 11.3 Å². The van der Waals surface area contributed by atoms with E-state index in [9.17, 15) is 0 Å². The minimum absolute atomic E-state index is 0.668. The number of piperidine rings is 2. The number of fused-ring (bicyclic) bond motifs is 3. The largest absolute Gasteiger partial charge is 0.308 e. The Bertz CT molecular complexity index is 547. The highest BCUT2D eigenvalue weighted by atomic mass is 32.1. The van der Waals surface area contributed by atoms with Gasteiger partial charge in [0.05, 0.1) is 5.69 Å². The van der Waals surface area contributed by atoms with Crippen LogP contribution in [0.1, 0.15) is 37.8 Å². The zero-order valence-corrected chi connectivity index (χ0v) is 12.8. The molecule has 0 spiro atoms. The summed E-state index contributed by atoms with van der Waals surface area (Å²) in [5, 5.41) is 5.82. The van der Waals surface area contributed by atoms with Gasteiger partial charge >= 0.3 is 0 Å². The van der Waals surface area contributed by atoms with Crippen molar-refractivity contribution >= 4 is 16.3 Å². The highest BCUT2D eigenvalue weighted by Gasteiger charge is 2.35. The van der Waals surface area contributed by atoms with E-state index in [4.69, 9.17) is 0 Å². The van der Waals surface area contributed by atoms with Gasteiger partial charge in [-0.15, -0.1) is 11.3 Å². The predicted octanol–water partition coefficient (Wildman–Crippen LogP) is 2.50. The lowest BCUT2D eigenvalue weighted by molar-refractivity contribution is 0.0482. The van der Waals surface area contributed by atoms with Crippen LogP contribution in [0.15, 0.2) is 17.8 Å². The molecule has 2 saturated heterocycles. The summed E-state index contributed by atoms with van der Waals surface area (Å²) < 4.78 is 2.12. The van der Waals surface area contributed by atoms with Crippen LogP contribution in [0.25, 0.3) is 4.96 Å². The Morgan fingerprint density at radius 3 is 2.90 bits per heavy atom. The first kappa shape index (κ1) is 12.8. The van der Waals surface area contributed by atoms with Gasteiger partial charge in [-0.05, 0) is 32.7 Å². The quantitative estimate of drug-likeness (QED) is 0.943. The van der Waals surface area contributed by atoms with Gasteiger partial charge < -0.3 is 10.2 Å². The summed E-state index contributed by atoms with van der Waals surface area (Å²) in [7, 11) is 2.31. The SMILES string of the molecule is CN1C2CCCC1CC(NCc1cn3ccsc3n1)C2. The molecule has 2 aliphatic heterocycles. The van der Waals surface area contributed by atoms with Crippen LogP contribution < -0.4 is 5.32 Å². The third-order valence-corrected chi connectivity index (χ3v) is 5.83. The zero-order chi connectivity index (χ0) is 13.5. The van der Waals surface area contributed by atoms with E-state index in [0.29, 0.717) is 6.04 Å². The van der Waals surface area contributed by atoms with Crippen molar-refractivity contribution in [3.8, 4) is 0 Å². The molecule has 1 N–H and O–H groups in total. The molecule has 4 rings (SSSR count). The Morgan fingerprint density at radius 1 is 1.35 bits per heavy atom. The maximum atomic E-state index is 4.65. The van der Waals surface area contributed by atoms with Crippen molar-refractivity contribution in [1.29, 1.82) is 0 Å². The molecule has 2 aliphatic rings. The van der Waals surface area contributed by atoms with Crippen LogP contribution in [0.4, 0.5) is 0 Å². The molecule has 0 aliphatic carbocycles. The number of rotatable bonds is 3. The second-order valence-corrected chi connectivity index (χ2v) is 7.15. The molecule has 0 aromatic carbocycles. The first-order chi connectivity index (χ1) is 9.79. The van der Waals surface area contributed by atoms with Crippen LogP contribution in [0.2, 0.25) is 0 Å². The van der Waals surface area contributed by atoms with Gasteiger partial charge in [0.1, 0.15) is 0 Å². The summed E-state index contributed by atoms with van der Waals surface area (Å²) in [5.74, 6) is 0. The Morgan fingerprint density at radius 2 is 2.15 bits per heavy atom. The van der Waals surface area contributed by atoms with E-state index in [1.807, 2.05) is 0 Å². The molecule has 0 amide bonds. The van der Waals surface area contributed by atoms with Crippen LogP contribution in [0, 0.1) is 0 Å². The Hall–Kier alpha value is -0.910. The minimum atomic E-state index is 0.668. The summed E-state index contributed by atoms with van der Waals surface area (Å²) >= 11 is 1.70. The minimum Gasteiger partial charge on any atom is -0.308 e. The van der Waals surface area contributed by atoms with Crippen LogP contribution in [-0.2, 0) is 6.54 Å². The van der Waals surface area contributed by atoms with E-state index < -0.39 is 0 Å². The van der Waals surface area contributed by atoms with E-state index in [-0.39, 0.29) is 0 Å². The fourth-order valence-electron chi connectivity index (χ4n) is 3.89. The highest BCUT2D eigenvalue weighted by molar-refractivity contribution is 7.15. The third-order valence-electron chi connectivity index (χ3n) is 5.05. The first-order valence-corrected chi connectivity index (χ1v) is 8.54. The van der Waals surface area contributed by atoms with Gasteiger partial charge in [0.15, 0.2) is 4.96 Å². The van der Waals surface area contributed by atoms with Gasteiger partial charge in [-0.1, -0.05) is 6.42 Å². The van der Waals surface area contributed by atoms with Crippen LogP contribution >= 0.6 is 11.3 Å². The van der Waals surface area contributed by atoms with Gasteiger partial charge in [0, 0.05) is 42.4 Å². The van der Waals surface area contributed by atoms with E-state index >= 15 is 0 Å². The number of nitrogens with zero attached hydrogens (tertiary/aromatic N) is 3. The predicted molar refractivity (Wildman–Crippen MR) is 82.1 cm³/mol. The van der Waals surface area contributed by atoms with Crippen LogP contribution in [-0.4, -0.2) is 39.5 Å². The average Bonchev–Trinajstić information content (AvgIpc) is 2.97. The third kappa shape index (κ3) is 2.28. The maximum absolute atomic E-state index is 4.65. The first-order valence-electron chi connectivity index (χ1n) is 7.66. The number of nitrogens with one attached hydrogen (secondary N) is 1. The molecule has 2 aromatic heterocycles. The summed E-state index contributed by atoms with van der Waals surface area (Å²) in [4.78, 5) is 8.37. The monoisotopic (exact) mass is 290 g/mol. The van der Waals surface area contributed by atoms with Crippen LogP contribution in [0.3, 0.4) is 0 Å². The molecular formula is C15H22N4S. The molecule has 4 heterocycles. The lowest BCUT2D eigenvalue weighted by Crippen LogP contribution is -2.54. The maximum Gasteiger partial charge on any atom is 0.193 e. The fraction of sp³-hybridized carbons (Fsp3) is 0.667. The van der Waals surface area contributed by atoms with Crippen molar-refractivity contribution < 1.29 is 0 Å². The van der Waals surface area contributed by atoms with Gasteiger partial charge in [-0.3, -0.25) is 4.40 Å². The molecule has 0 saturated carbocycles. The summed E-state index contributed by atoms with van der Waals surface area (Å²) in [6.45, 7) is 0.905. The fourth-order valence-corrected chi connectivity index (χ4v) is 4.61. The molecule has 2 bridgehead atoms. The van der Waals surface area contributed by atoms with Gasteiger partial charge in [0.2, 0.25) is 0 Å². The van der Waals surface area contributed by atoms with Crippen molar-refractivity contribution in [2.75, 3.05) is 7.05 Å². The van der Waals surface area contributed by atoms with E-state index in [1.165, 1.54) is 37.8 Å². The lowest BCUT2D eigenvalue weighted by atomic mass is 9.82. The number of hydrogen-bond donors (Lipinski definition) is 1. The van der Waals surface area contributed by atoms with Crippen molar-refractivity contribution in [2.45, 2.75) is 56.8 Å². The second kappa shape index (κ2) is 5.13. The van der Waals surface area contributed by atoms with Crippen molar-refractivity contribution in [3.05, 3.63) is 23.5 Å². The molecule has 2 atom stereocenters. The van der Waals surface area contributed by atoms with Crippen molar-refractivity contribution in [1.82, 2.24) is 19.6 Å².